The van der Waals surface area contributed by atoms with Gasteiger partial charge in [-0.05, 0) is 43.1 Å². The molecule has 0 bridgehead atoms. The first kappa shape index (κ1) is 28.8. The summed E-state index contributed by atoms with van der Waals surface area (Å²) in [5.74, 6) is -1.88. The number of carbonyl (C=O) groups is 2. The minimum Gasteiger partial charge on any atom is -0.480 e. The van der Waals surface area contributed by atoms with Crippen LogP contribution in [0.1, 0.15) is 36.5 Å². The molecular formula is C30H31Cl2N3O4. The van der Waals surface area contributed by atoms with E-state index in [0.717, 1.165) is 18.5 Å². The van der Waals surface area contributed by atoms with Gasteiger partial charge in [0.2, 0.25) is 5.91 Å². The molecule has 3 N–H and O–H groups in total. The molecule has 0 spiro atoms. The zero-order chi connectivity index (χ0) is 27.9. The van der Waals surface area contributed by atoms with Crippen LogP contribution in [-0.4, -0.2) is 57.9 Å². The Hall–Kier alpha value is -3.23. The Morgan fingerprint density at radius 1 is 1.05 bits per heavy atom. The molecule has 0 radical (unpaired) electrons. The number of anilines is 1. The molecule has 7 nitrogen and oxygen atoms in total. The number of para-hydroxylation sites is 1. The first-order chi connectivity index (χ1) is 18.8. The number of rotatable bonds is 10. The summed E-state index contributed by atoms with van der Waals surface area (Å²) < 4.78 is 0. The zero-order valence-corrected chi connectivity index (χ0v) is 23.1. The number of aliphatic imine (C=N–C) groups is 1. The third-order valence-corrected chi connectivity index (χ3v) is 7.61. The fraction of sp³-hybridized carbons (Fsp3) is 0.300. The molecule has 0 unspecified atom stereocenters. The van der Waals surface area contributed by atoms with Crippen molar-refractivity contribution in [1.82, 2.24) is 4.90 Å². The van der Waals surface area contributed by atoms with E-state index in [1.165, 1.54) is 0 Å². The molecule has 0 aliphatic carbocycles. The Labute approximate surface area is 238 Å². The van der Waals surface area contributed by atoms with Gasteiger partial charge in [0.15, 0.2) is 6.04 Å². The molecule has 4 rings (SSSR count). The van der Waals surface area contributed by atoms with E-state index in [2.05, 4.69) is 15.2 Å². The lowest BCUT2D eigenvalue weighted by atomic mass is 9.98. The number of nitrogens with one attached hydrogen (secondary N) is 1. The first-order valence-electron chi connectivity index (χ1n) is 12.8. The van der Waals surface area contributed by atoms with Crippen molar-refractivity contribution in [1.29, 1.82) is 0 Å². The van der Waals surface area contributed by atoms with Crippen molar-refractivity contribution in [3.63, 3.8) is 0 Å². The molecule has 3 aromatic carbocycles. The molecule has 204 valence electrons. The van der Waals surface area contributed by atoms with E-state index in [1.807, 2.05) is 60.7 Å². The van der Waals surface area contributed by atoms with Gasteiger partial charge in [0.05, 0.1) is 27.5 Å². The van der Waals surface area contributed by atoms with Crippen molar-refractivity contribution in [2.45, 2.75) is 38.4 Å². The molecule has 39 heavy (non-hydrogen) atoms. The number of hydrogen-bond donors (Lipinski definition) is 3. The van der Waals surface area contributed by atoms with Gasteiger partial charge in [-0.3, -0.25) is 14.7 Å². The van der Waals surface area contributed by atoms with Crippen molar-refractivity contribution in [3.8, 4) is 0 Å². The summed E-state index contributed by atoms with van der Waals surface area (Å²) >= 11 is 12.3. The highest BCUT2D eigenvalue weighted by Crippen LogP contribution is 2.28. The summed E-state index contributed by atoms with van der Waals surface area (Å²) in [6, 6.07) is 20.5. The van der Waals surface area contributed by atoms with Gasteiger partial charge in [-0.1, -0.05) is 84.7 Å². The zero-order valence-electron chi connectivity index (χ0n) is 21.6. The largest absolute Gasteiger partial charge is 0.480 e. The number of carboxylic acid groups (broad SMARTS) is 1. The summed E-state index contributed by atoms with van der Waals surface area (Å²) in [6.45, 7) is 2.65. The predicted octanol–water partition coefficient (Wildman–Crippen LogP) is 5.52. The fourth-order valence-electron chi connectivity index (χ4n) is 4.76. The number of benzene rings is 3. The molecule has 0 saturated carbocycles. The highest BCUT2D eigenvalue weighted by atomic mass is 35.5. The van der Waals surface area contributed by atoms with Crippen molar-refractivity contribution in [3.05, 3.63) is 99.5 Å². The van der Waals surface area contributed by atoms with Crippen LogP contribution in [0, 0.1) is 5.92 Å². The van der Waals surface area contributed by atoms with Gasteiger partial charge in [0, 0.05) is 30.2 Å². The summed E-state index contributed by atoms with van der Waals surface area (Å²) in [5, 5.41) is 23.5. The van der Waals surface area contributed by atoms with Crippen LogP contribution in [-0.2, 0) is 16.1 Å². The molecule has 0 aromatic heterocycles. The van der Waals surface area contributed by atoms with Gasteiger partial charge in [0.1, 0.15) is 0 Å². The number of carbonyl (C=O) groups excluding carboxylic acids is 1. The molecule has 3 atom stereocenters. The van der Waals surface area contributed by atoms with Crippen LogP contribution in [0.3, 0.4) is 0 Å². The lowest BCUT2D eigenvalue weighted by Gasteiger charge is -2.25. The summed E-state index contributed by atoms with van der Waals surface area (Å²) in [5.41, 5.74) is 3.24. The van der Waals surface area contributed by atoms with E-state index in [0.29, 0.717) is 45.5 Å². The van der Waals surface area contributed by atoms with E-state index in [4.69, 9.17) is 23.2 Å². The second-order valence-corrected chi connectivity index (χ2v) is 10.5. The number of nitrogens with zero attached hydrogens (tertiary/aromatic N) is 2. The van der Waals surface area contributed by atoms with Gasteiger partial charge in [-0.25, -0.2) is 4.79 Å². The minimum atomic E-state index is -1.16. The summed E-state index contributed by atoms with van der Waals surface area (Å²) in [6.07, 6.45) is 1.60. The van der Waals surface area contributed by atoms with Crippen LogP contribution >= 0.6 is 23.2 Å². The average molecular weight is 569 g/mol. The molecule has 1 aliphatic rings. The lowest BCUT2D eigenvalue weighted by molar-refractivity contribution is -0.140. The average Bonchev–Trinajstić information content (AvgIpc) is 3.40. The van der Waals surface area contributed by atoms with Crippen molar-refractivity contribution < 1.29 is 19.8 Å². The number of aliphatic hydroxyl groups excluding tert-OH is 1. The van der Waals surface area contributed by atoms with Gasteiger partial charge < -0.3 is 15.5 Å². The number of aliphatic hydroxyl groups is 1. The topological polar surface area (TPSA) is 102 Å². The van der Waals surface area contributed by atoms with E-state index in [9.17, 15) is 19.8 Å². The van der Waals surface area contributed by atoms with E-state index >= 15 is 0 Å². The van der Waals surface area contributed by atoms with E-state index < -0.39 is 17.9 Å². The molecule has 1 aliphatic heterocycles. The smallest absolute Gasteiger partial charge is 0.328 e. The molecule has 1 amide bonds. The van der Waals surface area contributed by atoms with Crippen LogP contribution in [0.5, 0.6) is 0 Å². The highest BCUT2D eigenvalue weighted by Gasteiger charge is 2.32. The normalized spacial score (nSPS) is 17.5. The number of amides is 1. The standard InChI is InChI=1S/C30H31Cl2N3O4/c1-19(18-36)27(30(38)39)34-28(21-8-3-2-4-9-21)22-10-5-6-11-25(22)33-29(37)26-12-7-15-35(26)17-20-13-14-23(31)24(32)16-20/h2-6,8-11,13-14,16,19,26-27,36H,7,12,15,17-18H2,1H3,(H,33,37)(H,38,39)/t19-,26-,27-/m0/s1. The van der Waals surface area contributed by atoms with Crippen LogP contribution in [0.4, 0.5) is 5.69 Å². The minimum absolute atomic E-state index is 0.147. The monoisotopic (exact) mass is 567 g/mol. The SMILES string of the molecule is C[C@@H](CO)[C@H](N=C(c1ccccc1)c1ccccc1NC(=O)[C@@H]1CCCN1Cc1ccc(Cl)c(Cl)c1)C(=O)O. The molecule has 1 saturated heterocycles. The molecule has 1 heterocycles. The number of likely N-dealkylation sites (tertiary alicyclic amines) is 1. The molecule has 3 aromatic rings. The molecular weight excluding hydrogens is 537 g/mol. The maximum atomic E-state index is 13.6. The van der Waals surface area contributed by atoms with E-state index in [-0.39, 0.29) is 18.6 Å². The quantitative estimate of drug-likeness (QED) is 0.280. The number of hydrogen-bond acceptors (Lipinski definition) is 5. The second kappa shape index (κ2) is 13.2. The number of aliphatic carboxylic acids is 1. The summed E-state index contributed by atoms with van der Waals surface area (Å²) in [4.78, 5) is 32.3. The van der Waals surface area contributed by atoms with Crippen LogP contribution in [0.25, 0.3) is 0 Å². The number of halogens is 2. The second-order valence-electron chi connectivity index (χ2n) is 9.70. The third-order valence-electron chi connectivity index (χ3n) is 6.87. The van der Waals surface area contributed by atoms with Crippen molar-refractivity contribution >= 4 is 46.5 Å². The van der Waals surface area contributed by atoms with Crippen LogP contribution in [0.2, 0.25) is 10.0 Å². The Morgan fingerprint density at radius 2 is 1.77 bits per heavy atom. The van der Waals surface area contributed by atoms with Gasteiger partial charge in [-0.2, -0.15) is 0 Å². The Bertz CT molecular complexity index is 1350. The maximum Gasteiger partial charge on any atom is 0.328 e. The molecule has 9 heteroatoms. The summed E-state index contributed by atoms with van der Waals surface area (Å²) in [7, 11) is 0. The Kier molecular flexibility index (Phi) is 9.75. The lowest BCUT2D eigenvalue weighted by Crippen LogP contribution is -2.39. The van der Waals surface area contributed by atoms with Gasteiger partial charge in [-0.15, -0.1) is 0 Å². The molecule has 1 fully saturated rings. The number of carboxylic acids is 1. The van der Waals surface area contributed by atoms with E-state index in [1.54, 1.807) is 19.1 Å². The van der Waals surface area contributed by atoms with Gasteiger partial charge in [0.25, 0.3) is 0 Å². The van der Waals surface area contributed by atoms with Crippen molar-refractivity contribution in [2.24, 2.45) is 10.9 Å². The first-order valence-corrected chi connectivity index (χ1v) is 13.6. The third kappa shape index (κ3) is 7.05. The maximum absolute atomic E-state index is 13.6. The van der Waals surface area contributed by atoms with Crippen LogP contribution < -0.4 is 5.32 Å². The van der Waals surface area contributed by atoms with Gasteiger partial charge >= 0.3 is 5.97 Å². The highest BCUT2D eigenvalue weighted by molar-refractivity contribution is 6.42. The Balaban J connectivity index is 1.64. The fourth-order valence-corrected chi connectivity index (χ4v) is 5.08. The van der Waals surface area contributed by atoms with Crippen LogP contribution in [0.15, 0.2) is 77.8 Å². The predicted molar refractivity (Wildman–Crippen MR) is 155 cm³/mol. The Morgan fingerprint density at radius 3 is 2.46 bits per heavy atom. The van der Waals surface area contributed by atoms with Crippen molar-refractivity contribution in [2.75, 3.05) is 18.5 Å².